The van der Waals surface area contributed by atoms with Gasteiger partial charge in [-0.25, -0.2) is 4.79 Å². The van der Waals surface area contributed by atoms with Crippen LogP contribution in [0, 0.1) is 0 Å². The van der Waals surface area contributed by atoms with E-state index in [2.05, 4.69) is 4.98 Å². The van der Waals surface area contributed by atoms with E-state index in [1.54, 1.807) is 38.1 Å². The molecule has 0 radical (unpaired) electrons. The van der Waals surface area contributed by atoms with Gasteiger partial charge in [0.05, 0.1) is 6.61 Å². The van der Waals surface area contributed by atoms with E-state index >= 15 is 0 Å². The van der Waals surface area contributed by atoms with Gasteiger partial charge in [0.1, 0.15) is 11.5 Å². The zero-order valence-corrected chi connectivity index (χ0v) is 14.7. The Hall–Kier alpha value is -2.66. The van der Waals surface area contributed by atoms with E-state index in [0.717, 1.165) is 10.9 Å². The third kappa shape index (κ3) is 4.25. The Bertz CT molecular complexity index is 873. The fourth-order valence-corrected chi connectivity index (χ4v) is 2.52. The second-order valence-corrected chi connectivity index (χ2v) is 5.89. The van der Waals surface area contributed by atoms with Gasteiger partial charge in [-0.1, -0.05) is 17.7 Å². The predicted molar refractivity (Wildman–Crippen MR) is 96.5 cm³/mol. The molecule has 1 heterocycles. The van der Waals surface area contributed by atoms with Crippen LogP contribution >= 0.6 is 11.6 Å². The molecule has 0 aliphatic carbocycles. The highest BCUT2D eigenvalue weighted by molar-refractivity contribution is 6.31. The number of hydrogen-bond donors (Lipinski definition) is 1. The molecule has 0 saturated carbocycles. The van der Waals surface area contributed by atoms with Crippen molar-refractivity contribution < 1.29 is 19.0 Å². The lowest BCUT2D eigenvalue weighted by Gasteiger charge is -2.13. The van der Waals surface area contributed by atoms with Gasteiger partial charge in [-0.05, 0) is 50.2 Å². The molecule has 1 unspecified atom stereocenters. The lowest BCUT2D eigenvalue weighted by atomic mass is 10.2. The molecule has 0 aliphatic heterocycles. The molecule has 0 saturated heterocycles. The minimum atomic E-state index is -0.662. The van der Waals surface area contributed by atoms with Crippen LogP contribution in [0.3, 0.4) is 0 Å². The molecule has 6 heteroatoms. The fraction of sp³-hybridized carbons (Fsp3) is 0.211. The van der Waals surface area contributed by atoms with Crippen molar-refractivity contribution in [3.63, 3.8) is 0 Å². The molecule has 2 aromatic carbocycles. The Kier molecular flexibility index (Phi) is 5.14. The van der Waals surface area contributed by atoms with Crippen LogP contribution in [0.4, 0.5) is 0 Å². The van der Waals surface area contributed by atoms with E-state index in [0.29, 0.717) is 29.0 Å². The highest BCUT2D eigenvalue weighted by Crippen LogP contribution is 2.28. The Labute approximate surface area is 150 Å². The standard InChI is InChI=1S/C19H18ClNO4/c1-3-23-19(22)12(2)24-15-6-8-16(9-7-15)25-18-10-13-4-5-14(20)11-17(13)21-18/h4-12,21H,3H2,1-2H3. The van der Waals surface area contributed by atoms with Crippen molar-refractivity contribution in [1.29, 1.82) is 0 Å². The molecule has 25 heavy (non-hydrogen) atoms. The van der Waals surface area contributed by atoms with Gasteiger partial charge in [0, 0.05) is 22.0 Å². The van der Waals surface area contributed by atoms with Gasteiger partial charge in [0.2, 0.25) is 0 Å². The SMILES string of the molecule is CCOC(=O)C(C)Oc1ccc(Oc2cc3ccc(Cl)cc3[nH]2)cc1. The van der Waals surface area contributed by atoms with Crippen molar-refractivity contribution in [3.8, 4) is 17.4 Å². The number of aromatic amines is 1. The maximum Gasteiger partial charge on any atom is 0.347 e. The smallest absolute Gasteiger partial charge is 0.347 e. The lowest BCUT2D eigenvalue weighted by molar-refractivity contribution is -0.150. The van der Waals surface area contributed by atoms with Crippen molar-refractivity contribution in [2.75, 3.05) is 6.61 Å². The van der Waals surface area contributed by atoms with Gasteiger partial charge in [-0.2, -0.15) is 0 Å². The first-order chi connectivity index (χ1) is 12.0. The molecule has 3 aromatic rings. The van der Waals surface area contributed by atoms with E-state index in [9.17, 15) is 4.79 Å². The Balaban J connectivity index is 1.66. The number of H-pyrrole nitrogens is 1. The summed E-state index contributed by atoms with van der Waals surface area (Å²) in [4.78, 5) is 14.7. The summed E-state index contributed by atoms with van der Waals surface area (Å²) < 4.78 is 16.3. The van der Waals surface area contributed by atoms with Crippen LogP contribution in [-0.4, -0.2) is 23.7 Å². The third-order valence-electron chi connectivity index (χ3n) is 3.54. The van der Waals surface area contributed by atoms with Crippen molar-refractivity contribution in [2.45, 2.75) is 20.0 Å². The maximum absolute atomic E-state index is 11.6. The predicted octanol–water partition coefficient (Wildman–Crippen LogP) is 4.94. The molecule has 1 atom stereocenters. The topological polar surface area (TPSA) is 60.6 Å². The molecular weight excluding hydrogens is 342 g/mol. The molecule has 0 bridgehead atoms. The van der Waals surface area contributed by atoms with Crippen LogP contribution in [-0.2, 0) is 9.53 Å². The highest BCUT2D eigenvalue weighted by atomic mass is 35.5. The first kappa shape index (κ1) is 17.2. The van der Waals surface area contributed by atoms with E-state index in [4.69, 9.17) is 25.8 Å². The number of carbonyl (C=O) groups excluding carboxylic acids is 1. The molecule has 0 fully saturated rings. The zero-order valence-electron chi connectivity index (χ0n) is 13.9. The number of hydrogen-bond acceptors (Lipinski definition) is 4. The summed E-state index contributed by atoms with van der Waals surface area (Å²) in [7, 11) is 0. The average Bonchev–Trinajstić information content (AvgIpc) is 2.98. The van der Waals surface area contributed by atoms with Gasteiger partial charge < -0.3 is 19.2 Å². The first-order valence-electron chi connectivity index (χ1n) is 7.94. The number of esters is 1. The second-order valence-electron chi connectivity index (χ2n) is 5.45. The molecule has 1 N–H and O–H groups in total. The van der Waals surface area contributed by atoms with Crippen LogP contribution in [0.2, 0.25) is 5.02 Å². The second kappa shape index (κ2) is 7.49. The number of benzene rings is 2. The van der Waals surface area contributed by atoms with Gasteiger partial charge >= 0.3 is 5.97 Å². The van der Waals surface area contributed by atoms with Crippen LogP contribution in [0.15, 0.2) is 48.5 Å². The van der Waals surface area contributed by atoms with E-state index in [-0.39, 0.29) is 5.97 Å². The Morgan fingerprint density at radius 1 is 1.12 bits per heavy atom. The van der Waals surface area contributed by atoms with Gasteiger partial charge in [-0.3, -0.25) is 0 Å². The highest BCUT2D eigenvalue weighted by Gasteiger charge is 2.15. The summed E-state index contributed by atoms with van der Waals surface area (Å²) >= 11 is 5.98. The number of rotatable bonds is 6. The minimum absolute atomic E-state index is 0.328. The van der Waals surface area contributed by atoms with Crippen molar-refractivity contribution >= 4 is 28.5 Å². The Morgan fingerprint density at radius 3 is 2.56 bits per heavy atom. The van der Waals surface area contributed by atoms with Crippen LogP contribution in [0.1, 0.15) is 13.8 Å². The number of nitrogens with one attached hydrogen (secondary N) is 1. The average molecular weight is 360 g/mol. The number of halogens is 1. The Morgan fingerprint density at radius 2 is 1.84 bits per heavy atom. The van der Waals surface area contributed by atoms with Crippen LogP contribution in [0.25, 0.3) is 10.9 Å². The summed E-state index contributed by atoms with van der Waals surface area (Å²) in [6.45, 7) is 3.74. The molecule has 0 aliphatic rings. The maximum atomic E-state index is 11.6. The summed E-state index contributed by atoms with van der Waals surface area (Å²) in [5.41, 5.74) is 0.908. The molecule has 1 aromatic heterocycles. The summed E-state index contributed by atoms with van der Waals surface area (Å²) in [6.07, 6.45) is -0.662. The van der Waals surface area contributed by atoms with E-state index < -0.39 is 6.10 Å². The molecular formula is C19H18ClNO4. The van der Waals surface area contributed by atoms with Gasteiger partial charge in [0.15, 0.2) is 12.0 Å². The summed E-state index contributed by atoms with van der Waals surface area (Å²) in [5.74, 6) is 1.44. The van der Waals surface area contributed by atoms with Crippen molar-refractivity contribution in [2.24, 2.45) is 0 Å². The first-order valence-corrected chi connectivity index (χ1v) is 8.32. The zero-order chi connectivity index (χ0) is 17.8. The quantitative estimate of drug-likeness (QED) is 0.633. The molecule has 3 rings (SSSR count). The summed E-state index contributed by atoms with van der Waals surface area (Å²) in [5, 5.41) is 1.68. The van der Waals surface area contributed by atoms with E-state index in [1.807, 2.05) is 24.3 Å². The number of ether oxygens (including phenoxy) is 3. The molecule has 0 spiro atoms. The number of carbonyl (C=O) groups is 1. The monoisotopic (exact) mass is 359 g/mol. The molecule has 5 nitrogen and oxygen atoms in total. The van der Waals surface area contributed by atoms with Crippen LogP contribution < -0.4 is 9.47 Å². The van der Waals surface area contributed by atoms with Crippen molar-refractivity contribution in [3.05, 3.63) is 53.6 Å². The van der Waals surface area contributed by atoms with Gasteiger partial charge in [0.25, 0.3) is 0 Å². The number of fused-ring (bicyclic) bond motifs is 1. The van der Waals surface area contributed by atoms with Crippen LogP contribution in [0.5, 0.6) is 17.4 Å². The molecule has 130 valence electrons. The van der Waals surface area contributed by atoms with Gasteiger partial charge in [-0.15, -0.1) is 0 Å². The minimum Gasteiger partial charge on any atom is -0.479 e. The fourth-order valence-electron chi connectivity index (χ4n) is 2.35. The summed E-state index contributed by atoms with van der Waals surface area (Å²) in [6, 6.07) is 14.5. The van der Waals surface area contributed by atoms with E-state index in [1.165, 1.54) is 0 Å². The third-order valence-corrected chi connectivity index (χ3v) is 3.78. The normalized spacial score (nSPS) is 12.0. The molecule has 0 amide bonds. The lowest BCUT2D eigenvalue weighted by Crippen LogP contribution is -2.25. The number of aromatic nitrogens is 1. The van der Waals surface area contributed by atoms with Crippen molar-refractivity contribution in [1.82, 2.24) is 4.98 Å². The largest absolute Gasteiger partial charge is 0.479 e.